The van der Waals surface area contributed by atoms with Crippen LogP contribution in [0.2, 0.25) is 15.1 Å². The molecule has 5 N–H and O–H groups in total. The summed E-state index contributed by atoms with van der Waals surface area (Å²) in [5.74, 6) is -4.36. The zero-order valence-corrected chi connectivity index (χ0v) is 23.0. The Balaban J connectivity index is 2.18. The Morgan fingerprint density at radius 1 is 0.975 bits per heavy atom. The molecule has 12 nitrogen and oxygen atoms in total. The fraction of sp³-hybridized carbons (Fsp3) is 0.286. The minimum absolute atomic E-state index is 0.0655. The predicted octanol–water partition coefficient (Wildman–Crippen LogP) is 3.07. The number of halogens is 6. The fourth-order valence-electron chi connectivity index (χ4n) is 2.71. The average molecular weight is 652 g/mol. The van der Waals surface area contributed by atoms with Crippen molar-refractivity contribution in [2.45, 2.75) is 30.0 Å². The van der Waals surface area contributed by atoms with Crippen LogP contribution in [0.4, 0.5) is 13.2 Å². The number of sulfonamides is 1. The number of carbonyl (C=O) groups is 2. The SMILES string of the molecule is NC(N)=NOCCCOc1ccc(C[C@H](NS(=O)(=O)c2ccc(Cl)c(Cl)c2Cl)C(=O)OOC(=O)C(F)(F)F)cc1. The van der Waals surface area contributed by atoms with E-state index in [9.17, 15) is 31.2 Å². The molecule has 0 amide bonds. The minimum atomic E-state index is -5.48. The van der Waals surface area contributed by atoms with Gasteiger partial charge in [0.25, 0.3) is 0 Å². The maximum absolute atomic E-state index is 13.0. The maximum atomic E-state index is 13.0. The van der Waals surface area contributed by atoms with E-state index in [1.807, 2.05) is 4.72 Å². The van der Waals surface area contributed by atoms with E-state index >= 15 is 0 Å². The van der Waals surface area contributed by atoms with Gasteiger partial charge in [0.15, 0.2) is 0 Å². The van der Waals surface area contributed by atoms with Crippen LogP contribution in [0.1, 0.15) is 12.0 Å². The number of hydrogen-bond acceptors (Lipinski definition) is 9. The number of guanidine groups is 1. The molecule has 0 saturated carbocycles. The van der Waals surface area contributed by atoms with Crippen molar-refractivity contribution in [3.8, 4) is 5.75 Å². The normalized spacial score (nSPS) is 12.2. The first-order valence-electron chi connectivity index (χ1n) is 10.7. The molecule has 2 rings (SSSR count). The molecule has 0 fully saturated rings. The number of oxime groups is 1. The highest BCUT2D eigenvalue weighted by atomic mass is 35.5. The summed E-state index contributed by atoms with van der Waals surface area (Å²) in [6.45, 7) is 0.380. The highest BCUT2D eigenvalue weighted by Crippen LogP contribution is 2.35. The third kappa shape index (κ3) is 10.1. The molecular weight excluding hydrogens is 632 g/mol. The quantitative estimate of drug-likeness (QED) is 0.0770. The molecule has 0 aliphatic carbocycles. The van der Waals surface area contributed by atoms with Crippen LogP contribution in [0.5, 0.6) is 5.75 Å². The van der Waals surface area contributed by atoms with E-state index in [-0.39, 0.29) is 29.2 Å². The fourth-order valence-corrected chi connectivity index (χ4v) is 4.88. The first-order chi connectivity index (χ1) is 18.6. The minimum Gasteiger partial charge on any atom is -0.493 e. The third-order valence-electron chi connectivity index (χ3n) is 4.48. The standard InChI is InChI=1S/C21H20Cl3F3N4O8S/c22-13-6-7-15(17(24)16(13)23)40(34,35)31-14(18(32)38-39-19(33)21(25,26)27)10-11-2-4-12(5-3-11)36-8-1-9-37-30-20(28)29/h2-7,14,31H,1,8-10H2,(H4,28,29,30)/t14-/m0/s1. The number of carbonyl (C=O) groups excluding carboxylic acids is 2. The monoisotopic (exact) mass is 650 g/mol. The van der Waals surface area contributed by atoms with Crippen LogP contribution in [0.15, 0.2) is 46.4 Å². The van der Waals surface area contributed by atoms with E-state index in [2.05, 4.69) is 14.9 Å². The molecule has 2 aromatic rings. The zero-order chi connectivity index (χ0) is 30.1. The van der Waals surface area contributed by atoms with E-state index in [0.717, 1.165) is 12.1 Å². The molecule has 0 radical (unpaired) electrons. The van der Waals surface area contributed by atoms with E-state index in [1.54, 1.807) is 0 Å². The summed E-state index contributed by atoms with van der Waals surface area (Å²) in [4.78, 5) is 35.1. The average Bonchev–Trinajstić information content (AvgIpc) is 2.87. The van der Waals surface area contributed by atoms with Crippen LogP contribution in [0, 0.1) is 0 Å². The van der Waals surface area contributed by atoms with Crippen molar-refractivity contribution in [1.29, 1.82) is 0 Å². The second kappa shape index (κ2) is 14.5. The summed E-state index contributed by atoms with van der Waals surface area (Å²) in [6, 6.07) is 6.04. The number of rotatable bonds is 12. The molecule has 0 heterocycles. The molecule has 1 atom stereocenters. The van der Waals surface area contributed by atoms with Crippen LogP contribution < -0.4 is 20.9 Å². The van der Waals surface area contributed by atoms with Gasteiger partial charge >= 0.3 is 18.1 Å². The van der Waals surface area contributed by atoms with Crippen molar-refractivity contribution < 1.29 is 50.5 Å². The Kier molecular flexibility index (Phi) is 11.9. The van der Waals surface area contributed by atoms with Crippen molar-refractivity contribution in [1.82, 2.24) is 4.72 Å². The van der Waals surface area contributed by atoms with Crippen LogP contribution in [0.25, 0.3) is 0 Å². The van der Waals surface area contributed by atoms with Gasteiger partial charge in [0.2, 0.25) is 16.0 Å². The van der Waals surface area contributed by atoms with E-state index in [4.69, 9.17) is 55.8 Å². The van der Waals surface area contributed by atoms with Crippen molar-refractivity contribution in [2.75, 3.05) is 13.2 Å². The van der Waals surface area contributed by atoms with Crippen LogP contribution in [-0.2, 0) is 40.6 Å². The molecule has 0 aromatic heterocycles. The lowest BCUT2D eigenvalue weighted by Crippen LogP contribution is -2.44. The van der Waals surface area contributed by atoms with E-state index in [1.165, 1.54) is 24.3 Å². The number of alkyl halides is 3. The van der Waals surface area contributed by atoms with Gasteiger partial charge in [-0.2, -0.15) is 17.9 Å². The Labute approximate surface area is 240 Å². The number of nitrogens with one attached hydrogen (secondary N) is 1. The molecule has 40 heavy (non-hydrogen) atoms. The van der Waals surface area contributed by atoms with Crippen molar-refractivity contribution >= 4 is 62.7 Å². The molecule has 220 valence electrons. The second-order valence-electron chi connectivity index (χ2n) is 7.52. The molecule has 0 unspecified atom stereocenters. The van der Waals surface area contributed by atoms with Gasteiger partial charge in [0.05, 0.1) is 21.7 Å². The highest BCUT2D eigenvalue weighted by molar-refractivity contribution is 7.89. The number of hydrogen-bond donors (Lipinski definition) is 3. The zero-order valence-electron chi connectivity index (χ0n) is 19.9. The van der Waals surface area contributed by atoms with Crippen molar-refractivity contribution in [3.05, 3.63) is 57.0 Å². The molecule has 2 aromatic carbocycles. The number of nitrogens with zero attached hydrogens (tertiary/aromatic N) is 1. The van der Waals surface area contributed by atoms with Gasteiger partial charge in [0.1, 0.15) is 23.3 Å². The molecule has 0 aliphatic heterocycles. The Morgan fingerprint density at radius 3 is 2.23 bits per heavy atom. The second-order valence-corrected chi connectivity index (χ2v) is 10.4. The summed E-state index contributed by atoms with van der Waals surface area (Å²) in [5, 5.41) is 2.49. The number of nitrogens with two attached hydrogens (primary N) is 2. The van der Waals surface area contributed by atoms with Gasteiger partial charge in [-0.3, -0.25) is 0 Å². The van der Waals surface area contributed by atoms with Gasteiger partial charge in [0, 0.05) is 6.42 Å². The third-order valence-corrected chi connectivity index (χ3v) is 7.40. The largest absolute Gasteiger partial charge is 0.495 e. The summed E-state index contributed by atoms with van der Waals surface area (Å²) >= 11 is 17.7. The van der Waals surface area contributed by atoms with Gasteiger partial charge in [-0.05, 0) is 41.4 Å². The van der Waals surface area contributed by atoms with E-state index < -0.39 is 50.5 Å². The Hall–Kier alpha value is -3.18. The van der Waals surface area contributed by atoms with Crippen LogP contribution in [-0.4, -0.2) is 51.7 Å². The number of benzene rings is 2. The van der Waals surface area contributed by atoms with Crippen molar-refractivity contribution in [3.63, 3.8) is 0 Å². The predicted molar refractivity (Wildman–Crippen MR) is 136 cm³/mol. The van der Waals surface area contributed by atoms with Gasteiger partial charge in [-0.15, -0.1) is 0 Å². The highest BCUT2D eigenvalue weighted by Gasteiger charge is 2.43. The molecule has 0 aliphatic rings. The summed E-state index contributed by atoms with van der Waals surface area (Å²) < 4.78 is 70.6. The molecular formula is C21H20Cl3F3N4O8S. The Bertz CT molecular complexity index is 1340. The summed E-state index contributed by atoms with van der Waals surface area (Å²) in [6.07, 6.45) is -5.52. The smallest absolute Gasteiger partial charge is 0.493 e. The lowest BCUT2D eigenvalue weighted by Gasteiger charge is -2.18. The summed E-state index contributed by atoms with van der Waals surface area (Å²) in [5.41, 5.74) is 10.5. The van der Waals surface area contributed by atoms with Crippen molar-refractivity contribution in [2.24, 2.45) is 16.6 Å². The molecule has 19 heteroatoms. The lowest BCUT2D eigenvalue weighted by molar-refractivity contribution is -0.286. The number of ether oxygens (including phenoxy) is 1. The Morgan fingerprint density at radius 2 is 1.62 bits per heavy atom. The first kappa shape index (κ1) is 33.0. The molecule has 0 saturated heterocycles. The first-order valence-corrected chi connectivity index (χ1v) is 13.3. The molecule has 0 spiro atoms. The topological polar surface area (TPSA) is 182 Å². The van der Waals surface area contributed by atoms with Gasteiger partial charge in [-0.25, -0.2) is 27.8 Å². The lowest BCUT2D eigenvalue weighted by atomic mass is 10.1. The van der Waals surface area contributed by atoms with Gasteiger partial charge < -0.3 is 21.0 Å². The maximum Gasteiger partial charge on any atom is 0.495 e. The summed E-state index contributed by atoms with van der Waals surface area (Å²) in [7, 11) is -4.64. The van der Waals surface area contributed by atoms with Gasteiger partial charge in [-0.1, -0.05) is 46.9 Å². The van der Waals surface area contributed by atoms with Crippen LogP contribution in [0.3, 0.4) is 0 Å². The van der Waals surface area contributed by atoms with Crippen LogP contribution >= 0.6 is 34.8 Å². The molecule has 0 bridgehead atoms. The van der Waals surface area contributed by atoms with E-state index in [0.29, 0.717) is 17.7 Å².